The minimum atomic E-state index is -3.98. The number of allylic oxidation sites excluding steroid dienone is 4. The first-order valence-electron chi connectivity index (χ1n) is 7.45. The number of hydrogen-bond acceptors (Lipinski definition) is 5. The zero-order valence-electron chi connectivity index (χ0n) is 12.6. The normalized spacial score (nSPS) is 28.8. The van der Waals surface area contributed by atoms with E-state index in [0.717, 1.165) is 32.1 Å². The third kappa shape index (κ3) is 5.57. The fraction of sp³-hybridized carbons (Fsp3) is 0.600. The summed E-state index contributed by atoms with van der Waals surface area (Å²) in [6.45, 7) is 3.76. The average molecular weight is 329 g/mol. The Morgan fingerprint density at radius 1 is 1.36 bits per heavy atom. The van der Waals surface area contributed by atoms with Crippen molar-refractivity contribution in [3.63, 3.8) is 0 Å². The second-order valence-electron chi connectivity index (χ2n) is 5.57. The Labute approximate surface area is 131 Å². The molecule has 2 N–H and O–H groups in total. The van der Waals surface area contributed by atoms with Crippen LogP contribution in [0.15, 0.2) is 36.6 Å². The van der Waals surface area contributed by atoms with E-state index in [-0.39, 0.29) is 6.61 Å². The number of nitrogens with two attached hydrogens (primary N) is 1. The van der Waals surface area contributed by atoms with Crippen molar-refractivity contribution in [2.45, 2.75) is 50.4 Å². The summed E-state index contributed by atoms with van der Waals surface area (Å²) in [5.41, 5.74) is 0. The Balaban J connectivity index is 2.12. The molecule has 22 heavy (non-hydrogen) atoms. The highest BCUT2D eigenvalue weighted by molar-refractivity contribution is 7.84. The molecule has 7 heteroatoms. The van der Waals surface area contributed by atoms with Gasteiger partial charge in [0.15, 0.2) is 0 Å². The van der Waals surface area contributed by atoms with Gasteiger partial charge in [-0.05, 0) is 31.8 Å². The minimum Gasteiger partial charge on any atom is -0.463 e. The Bertz CT molecular complexity index is 546. The molecule has 1 unspecified atom stereocenters. The van der Waals surface area contributed by atoms with Crippen LogP contribution in [0.1, 0.15) is 38.5 Å². The summed E-state index contributed by atoms with van der Waals surface area (Å²) in [5, 5.41) is 4.90. The van der Waals surface area contributed by atoms with Gasteiger partial charge in [0.25, 0.3) is 0 Å². The van der Waals surface area contributed by atoms with Crippen molar-refractivity contribution >= 4 is 10.3 Å². The Kier molecular flexibility index (Phi) is 5.80. The van der Waals surface area contributed by atoms with Gasteiger partial charge >= 0.3 is 10.3 Å². The van der Waals surface area contributed by atoms with Crippen LogP contribution in [0.25, 0.3) is 0 Å². The lowest BCUT2D eigenvalue weighted by Crippen LogP contribution is -2.39. The molecule has 0 aromatic rings. The molecule has 6 nitrogen and oxygen atoms in total. The van der Waals surface area contributed by atoms with Gasteiger partial charge in [0.2, 0.25) is 5.79 Å². The van der Waals surface area contributed by atoms with E-state index in [4.69, 9.17) is 18.8 Å². The van der Waals surface area contributed by atoms with Gasteiger partial charge in [-0.15, -0.1) is 0 Å². The second-order valence-corrected chi connectivity index (χ2v) is 6.79. The van der Waals surface area contributed by atoms with Gasteiger partial charge < -0.3 is 9.47 Å². The zero-order chi connectivity index (χ0) is 16.1. The molecule has 1 saturated carbocycles. The maximum absolute atomic E-state index is 11.0. The minimum absolute atomic E-state index is 0.113. The fourth-order valence-electron chi connectivity index (χ4n) is 2.70. The van der Waals surface area contributed by atoms with E-state index in [1.54, 1.807) is 6.08 Å². The third-order valence-electron chi connectivity index (χ3n) is 3.67. The van der Waals surface area contributed by atoms with Crippen LogP contribution >= 0.6 is 0 Å². The van der Waals surface area contributed by atoms with Crippen LogP contribution in [0.5, 0.6) is 0 Å². The summed E-state index contributed by atoms with van der Waals surface area (Å²) >= 11 is 0. The second kappa shape index (κ2) is 7.41. The lowest BCUT2D eigenvalue weighted by Gasteiger charge is -2.34. The van der Waals surface area contributed by atoms with Crippen molar-refractivity contribution in [3.05, 3.63) is 36.6 Å². The lowest BCUT2D eigenvalue weighted by atomic mass is 10.1. The molecule has 2 aliphatic rings. The van der Waals surface area contributed by atoms with E-state index < -0.39 is 22.2 Å². The predicted octanol–water partition coefficient (Wildman–Crippen LogP) is 2.30. The van der Waals surface area contributed by atoms with Crippen molar-refractivity contribution in [1.29, 1.82) is 0 Å². The van der Waals surface area contributed by atoms with Gasteiger partial charge in [-0.25, -0.2) is 5.14 Å². The van der Waals surface area contributed by atoms with Gasteiger partial charge in [0, 0.05) is 12.8 Å². The van der Waals surface area contributed by atoms with Crippen molar-refractivity contribution in [1.82, 2.24) is 0 Å². The number of rotatable bonds is 3. The van der Waals surface area contributed by atoms with Crippen LogP contribution in [-0.2, 0) is 24.0 Å². The molecule has 0 amide bonds. The van der Waals surface area contributed by atoms with Crippen LogP contribution < -0.4 is 5.14 Å². The summed E-state index contributed by atoms with van der Waals surface area (Å²) in [6, 6.07) is 0. The molecular weight excluding hydrogens is 306 g/mol. The van der Waals surface area contributed by atoms with Crippen molar-refractivity contribution in [2.24, 2.45) is 5.14 Å². The Morgan fingerprint density at radius 3 is 2.77 bits per heavy atom. The molecule has 1 fully saturated rings. The van der Waals surface area contributed by atoms with Crippen LogP contribution in [0.2, 0.25) is 0 Å². The van der Waals surface area contributed by atoms with Crippen LogP contribution in [0.3, 0.4) is 0 Å². The molecule has 2 rings (SSSR count). The molecule has 0 radical (unpaired) electrons. The molecule has 1 aliphatic heterocycles. The first-order valence-corrected chi connectivity index (χ1v) is 8.92. The first-order chi connectivity index (χ1) is 10.4. The maximum atomic E-state index is 11.0. The third-order valence-corrected chi connectivity index (χ3v) is 4.13. The predicted molar refractivity (Wildman–Crippen MR) is 82.9 cm³/mol. The molecule has 0 aromatic heterocycles. The highest BCUT2D eigenvalue weighted by Gasteiger charge is 2.39. The van der Waals surface area contributed by atoms with Gasteiger partial charge in [-0.3, -0.25) is 4.18 Å². The summed E-state index contributed by atoms with van der Waals surface area (Å²) in [5.74, 6) is -0.224. The van der Waals surface area contributed by atoms with Crippen LogP contribution in [-0.4, -0.2) is 26.9 Å². The average Bonchev–Trinajstić information content (AvgIpc) is 2.85. The molecule has 0 saturated heterocycles. The largest absolute Gasteiger partial charge is 0.463 e. The van der Waals surface area contributed by atoms with Gasteiger partial charge in [0.05, 0.1) is 12.7 Å². The maximum Gasteiger partial charge on any atom is 0.333 e. The Hall–Kier alpha value is -1.15. The van der Waals surface area contributed by atoms with Crippen molar-refractivity contribution in [2.75, 3.05) is 6.61 Å². The Morgan fingerprint density at radius 2 is 2.09 bits per heavy atom. The smallest absolute Gasteiger partial charge is 0.333 e. The summed E-state index contributed by atoms with van der Waals surface area (Å²) in [7, 11) is -3.98. The summed E-state index contributed by atoms with van der Waals surface area (Å²) in [6.07, 6.45) is 12.0. The van der Waals surface area contributed by atoms with Crippen molar-refractivity contribution < 1.29 is 22.1 Å². The molecule has 0 bridgehead atoms. The molecule has 124 valence electrons. The molecule has 1 atom stereocenters. The lowest BCUT2D eigenvalue weighted by molar-refractivity contribution is -0.238. The van der Waals surface area contributed by atoms with Crippen LogP contribution in [0, 0.1) is 0 Å². The topological polar surface area (TPSA) is 87.9 Å². The molecular formula is C15H23NO5S. The molecule has 0 aromatic carbocycles. The zero-order valence-corrected chi connectivity index (χ0v) is 13.4. The van der Waals surface area contributed by atoms with Crippen LogP contribution in [0.4, 0.5) is 0 Å². The van der Waals surface area contributed by atoms with E-state index in [1.807, 2.05) is 18.2 Å². The molecule has 1 heterocycles. The van der Waals surface area contributed by atoms with Crippen molar-refractivity contribution in [3.8, 4) is 0 Å². The monoisotopic (exact) mass is 329 g/mol. The number of hydrogen-bond donors (Lipinski definition) is 1. The van der Waals surface area contributed by atoms with E-state index in [0.29, 0.717) is 12.2 Å². The van der Waals surface area contributed by atoms with E-state index in [9.17, 15) is 8.42 Å². The SMILES string of the molecule is C=C1/C=C\C=C/CCC(COS(N)(=O)=O)OC2(CCCC2)O1. The quantitative estimate of drug-likeness (QED) is 0.858. The van der Waals surface area contributed by atoms with E-state index in [1.165, 1.54) is 0 Å². The van der Waals surface area contributed by atoms with E-state index >= 15 is 0 Å². The number of ether oxygens (including phenoxy) is 2. The van der Waals surface area contributed by atoms with Gasteiger partial charge in [-0.2, -0.15) is 8.42 Å². The molecule has 1 aliphatic carbocycles. The molecule has 1 spiro atoms. The van der Waals surface area contributed by atoms with E-state index in [2.05, 4.69) is 6.58 Å². The van der Waals surface area contributed by atoms with Gasteiger partial charge in [-0.1, -0.05) is 24.8 Å². The fourth-order valence-corrected chi connectivity index (χ4v) is 3.04. The highest BCUT2D eigenvalue weighted by atomic mass is 32.2. The highest BCUT2D eigenvalue weighted by Crippen LogP contribution is 2.38. The standard InChI is InChI=1S/C15H23NO5S/c1-13-8-4-2-3-5-9-14(12-19-22(16,17)18)21-15(20-13)10-6-7-11-15/h2-4,8,14H,1,5-7,9-12H2,(H2,16,17,18)/b3-2-,8-4-. The van der Waals surface area contributed by atoms with Gasteiger partial charge in [0.1, 0.15) is 5.76 Å². The summed E-state index contributed by atoms with van der Waals surface area (Å²) in [4.78, 5) is 0. The first kappa shape index (κ1) is 17.2. The summed E-state index contributed by atoms with van der Waals surface area (Å²) < 4.78 is 38.7.